The third-order valence-corrected chi connectivity index (χ3v) is 9.15. The van der Waals surface area contributed by atoms with E-state index in [0.29, 0.717) is 29.3 Å². The highest BCUT2D eigenvalue weighted by molar-refractivity contribution is 7.92. The predicted molar refractivity (Wildman–Crippen MR) is 137 cm³/mol. The number of hydrogen-bond donors (Lipinski definition) is 1. The first-order valence-electron chi connectivity index (χ1n) is 12.0. The number of hydrogen-bond acceptors (Lipinski definition) is 6. The van der Waals surface area contributed by atoms with Gasteiger partial charge in [0.1, 0.15) is 10.3 Å². The standard InChI is InChI=1S/C25H35N3O4S.ClH/c1-4-19-16-21(18(3)26-25(19)29)24-22(11-15-32-24)33(30,31)23(5-2)28-14-9-10-20(17-28)27-12-7-6-8-13-27;/h5,11,15-16,20,23H,2,4,6-10,12-14,17H2,1,3H3,(H,26,29);1H. The molecule has 2 aromatic rings. The number of rotatable bonds is 7. The fourth-order valence-corrected chi connectivity index (χ4v) is 7.04. The molecule has 0 bridgehead atoms. The maximum absolute atomic E-state index is 13.9. The van der Waals surface area contributed by atoms with Crippen LogP contribution in [0.25, 0.3) is 11.3 Å². The predicted octanol–water partition coefficient (Wildman–Crippen LogP) is 4.16. The molecule has 2 atom stereocenters. The summed E-state index contributed by atoms with van der Waals surface area (Å²) >= 11 is 0. The Balaban J connectivity index is 0.00000324. The number of H-pyrrole nitrogens is 1. The van der Waals surface area contributed by atoms with Crippen LogP contribution in [0.4, 0.5) is 0 Å². The third-order valence-electron chi connectivity index (χ3n) is 7.09. The molecule has 4 heterocycles. The number of aryl methyl sites for hydroxylation is 2. The summed E-state index contributed by atoms with van der Waals surface area (Å²) in [6.45, 7) is 11.2. The van der Waals surface area contributed by atoms with Crippen LogP contribution in [0.1, 0.15) is 50.3 Å². The Morgan fingerprint density at radius 3 is 2.65 bits per heavy atom. The second-order valence-electron chi connectivity index (χ2n) is 9.19. The number of halogens is 1. The van der Waals surface area contributed by atoms with Gasteiger partial charge in [-0.3, -0.25) is 14.6 Å². The minimum Gasteiger partial charge on any atom is -0.463 e. The molecule has 2 saturated heterocycles. The van der Waals surface area contributed by atoms with Gasteiger partial charge in [0, 0.05) is 29.4 Å². The van der Waals surface area contributed by atoms with E-state index in [1.54, 1.807) is 19.1 Å². The van der Waals surface area contributed by atoms with E-state index in [-0.39, 0.29) is 28.6 Å². The average molecular weight is 510 g/mol. The molecule has 34 heavy (non-hydrogen) atoms. The Labute approximate surface area is 208 Å². The number of aromatic nitrogens is 1. The van der Waals surface area contributed by atoms with Crippen LogP contribution in [0.3, 0.4) is 0 Å². The molecular formula is C25H36ClN3O4S. The molecule has 1 N–H and O–H groups in total. The van der Waals surface area contributed by atoms with Crippen LogP contribution in [-0.4, -0.2) is 60.8 Å². The third kappa shape index (κ3) is 5.20. The maximum atomic E-state index is 13.9. The van der Waals surface area contributed by atoms with Gasteiger partial charge in [-0.05, 0) is 70.8 Å². The SMILES string of the molecule is C=CC(N1CCCC(N2CCCCC2)C1)S(=O)(=O)c1ccoc1-c1cc(CC)c(=O)[nH]c1C.Cl. The van der Waals surface area contributed by atoms with Crippen molar-refractivity contribution in [1.29, 1.82) is 0 Å². The monoisotopic (exact) mass is 509 g/mol. The number of likely N-dealkylation sites (tertiary alicyclic amines) is 2. The van der Waals surface area contributed by atoms with Crippen molar-refractivity contribution in [2.75, 3.05) is 26.2 Å². The number of aromatic amines is 1. The second-order valence-corrected chi connectivity index (χ2v) is 11.2. The first-order valence-corrected chi connectivity index (χ1v) is 13.6. The summed E-state index contributed by atoms with van der Waals surface area (Å²) in [7, 11) is -3.78. The van der Waals surface area contributed by atoms with Gasteiger partial charge in [0.2, 0.25) is 9.84 Å². The fourth-order valence-electron chi connectivity index (χ4n) is 5.28. The Morgan fingerprint density at radius 1 is 1.24 bits per heavy atom. The van der Waals surface area contributed by atoms with E-state index in [2.05, 4.69) is 21.4 Å². The van der Waals surface area contributed by atoms with Gasteiger partial charge in [-0.2, -0.15) is 0 Å². The molecule has 0 aliphatic carbocycles. The van der Waals surface area contributed by atoms with Gasteiger partial charge in [-0.25, -0.2) is 8.42 Å². The summed E-state index contributed by atoms with van der Waals surface area (Å²) in [5.41, 5.74) is 1.62. The molecule has 188 valence electrons. The van der Waals surface area contributed by atoms with Crippen molar-refractivity contribution >= 4 is 22.2 Å². The molecule has 2 aromatic heterocycles. The molecule has 2 aliphatic rings. The van der Waals surface area contributed by atoms with Crippen LogP contribution in [0.2, 0.25) is 0 Å². The number of piperidine rings is 2. The summed E-state index contributed by atoms with van der Waals surface area (Å²) in [6.07, 6.45) is 9.29. The highest BCUT2D eigenvalue weighted by Crippen LogP contribution is 2.34. The van der Waals surface area contributed by atoms with E-state index >= 15 is 0 Å². The van der Waals surface area contributed by atoms with E-state index < -0.39 is 15.2 Å². The van der Waals surface area contributed by atoms with E-state index in [1.807, 2.05) is 6.92 Å². The zero-order valence-electron chi connectivity index (χ0n) is 20.1. The van der Waals surface area contributed by atoms with Gasteiger partial charge in [-0.1, -0.05) is 19.4 Å². The van der Waals surface area contributed by atoms with Gasteiger partial charge in [0.25, 0.3) is 5.56 Å². The smallest absolute Gasteiger partial charge is 0.251 e. The molecule has 2 aliphatic heterocycles. The molecular weight excluding hydrogens is 474 g/mol. The zero-order valence-corrected chi connectivity index (χ0v) is 21.7. The van der Waals surface area contributed by atoms with Crippen LogP contribution in [-0.2, 0) is 16.3 Å². The molecule has 2 unspecified atom stereocenters. The van der Waals surface area contributed by atoms with Gasteiger partial charge >= 0.3 is 0 Å². The highest BCUT2D eigenvalue weighted by atomic mass is 35.5. The van der Waals surface area contributed by atoms with E-state index in [1.165, 1.54) is 31.6 Å². The molecule has 0 aromatic carbocycles. The second kappa shape index (κ2) is 11.2. The molecule has 2 fully saturated rings. The van der Waals surface area contributed by atoms with Crippen molar-refractivity contribution in [3.8, 4) is 11.3 Å². The summed E-state index contributed by atoms with van der Waals surface area (Å²) in [4.78, 5) is 19.7. The first-order chi connectivity index (χ1) is 15.9. The highest BCUT2D eigenvalue weighted by Gasteiger charge is 2.37. The summed E-state index contributed by atoms with van der Waals surface area (Å²) in [5, 5.41) is -0.824. The number of nitrogens with one attached hydrogen (secondary N) is 1. The van der Waals surface area contributed by atoms with Crippen LogP contribution in [0, 0.1) is 6.92 Å². The molecule has 0 saturated carbocycles. The van der Waals surface area contributed by atoms with Gasteiger partial charge in [0.05, 0.1) is 6.26 Å². The minimum atomic E-state index is -3.78. The van der Waals surface area contributed by atoms with Crippen molar-refractivity contribution in [3.63, 3.8) is 0 Å². The summed E-state index contributed by atoms with van der Waals surface area (Å²) < 4.78 is 33.4. The lowest BCUT2D eigenvalue weighted by Gasteiger charge is -2.42. The van der Waals surface area contributed by atoms with Crippen molar-refractivity contribution < 1.29 is 12.8 Å². The quantitative estimate of drug-likeness (QED) is 0.564. The molecule has 0 radical (unpaired) electrons. The zero-order chi connectivity index (χ0) is 23.6. The van der Waals surface area contributed by atoms with Crippen molar-refractivity contribution in [2.24, 2.45) is 0 Å². The fraction of sp³-hybridized carbons (Fsp3) is 0.560. The van der Waals surface area contributed by atoms with Crippen LogP contribution >= 0.6 is 12.4 Å². The lowest BCUT2D eigenvalue weighted by molar-refractivity contribution is 0.0823. The molecule has 7 nitrogen and oxygen atoms in total. The Hall–Kier alpha value is -1.87. The van der Waals surface area contributed by atoms with Crippen molar-refractivity contribution in [3.05, 3.63) is 52.7 Å². The largest absolute Gasteiger partial charge is 0.463 e. The summed E-state index contributed by atoms with van der Waals surface area (Å²) in [5.74, 6) is 0.273. The van der Waals surface area contributed by atoms with Crippen molar-refractivity contribution in [2.45, 2.75) is 68.7 Å². The molecule has 0 amide bonds. The average Bonchev–Trinajstić information content (AvgIpc) is 3.31. The van der Waals surface area contributed by atoms with Gasteiger partial charge in [-0.15, -0.1) is 19.0 Å². The topological polar surface area (TPSA) is 86.6 Å². The minimum absolute atomic E-state index is 0. The van der Waals surface area contributed by atoms with Gasteiger partial charge < -0.3 is 9.40 Å². The lowest BCUT2D eigenvalue weighted by Crippen LogP contribution is -2.53. The first kappa shape index (κ1) is 26.7. The van der Waals surface area contributed by atoms with E-state index in [4.69, 9.17) is 4.42 Å². The number of furan rings is 1. The molecule has 4 rings (SSSR count). The Morgan fingerprint density at radius 2 is 1.97 bits per heavy atom. The Bertz CT molecular complexity index is 1150. The van der Waals surface area contributed by atoms with Crippen LogP contribution in [0.5, 0.6) is 0 Å². The van der Waals surface area contributed by atoms with Crippen molar-refractivity contribution in [1.82, 2.24) is 14.8 Å². The molecule has 9 heteroatoms. The lowest BCUT2D eigenvalue weighted by atomic mass is 10.0. The number of pyridine rings is 1. The van der Waals surface area contributed by atoms with Gasteiger partial charge in [0.15, 0.2) is 5.76 Å². The number of sulfone groups is 1. The summed E-state index contributed by atoms with van der Waals surface area (Å²) in [6, 6.07) is 3.64. The van der Waals surface area contributed by atoms with E-state index in [0.717, 1.165) is 39.0 Å². The Kier molecular flexibility index (Phi) is 8.84. The normalized spacial score (nSPS) is 21.1. The maximum Gasteiger partial charge on any atom is 0.251 e. The number of nitrogens with zero attached hydrogens (tertiary/aromatic N) is 2. The van der Waals surface area contributed by atoms with Crippen LogP contribution in [0.15, 0.2) is 45.2 Å². The van der Waals surface area contributed by atoms with E-state index in [9.17, 15) is 13.2 Å². The van der Waals surface area contributed by atoms with Crippen LogP contribution < -0.4 is 5.56 Å². The molecule has 0 spiro atoms.